The van der Waals surface area contributed by atoms with E-state index in [4.69, 9.17) is 21.4 Å². The number of carbonyl (C=O) groups excluding carboxylic acids is 3. The first kappa shape index (κ1) is 29.7. The molecule has 1 fully saturated rings. The van der Waals surface area contributed by atoms with Crippen molar-refractivity contribution in [2.24, 2.45) is 0 Å². The summed E-state index contributed by atoms with van der Waals surface area (Å²) in [6.07, 6.45) is 5.97. The Morgan fingerprint density at radius 3 is 2.36 bits per heavy atom. The maximum atomic E-state index is 13.6. The average Bonchev–Trinajstić information content (AvgIpc) is 3.48. The van der Waals surface area contributed by atoms with Gasteiger partial charge in [0.25, 0.3) is 11.8 Å². The summed E-state index contributed by atoms with van der Waals surface area (Å²) in [5.74, 6) is 0.137. The fraction of sp³-hybridized carbons (Fsp3) is 0.135. The van der Waals surface area contributed by atoms with Crippen molar-refractivity contribution in [2.75, 3.05) is 4.90 Å². The van der Waals surface area contributed by atoms with Crippen molar-refractivity contribution in [1.29, 1.82) is 0 Å². The van der Waals surface area contributed by atoms with Crippen LogP contribution in [0.5, 0.6) is 11.5 Å². The number of fused-ring (bicyclic) bond motifs is 1. The second kappa shape index (κ2) is 13.1. The quantitative estimate of drug-likeness (QED) is 0.0564. The van der Waals surface area contributed by atoms with Crippen LogP contribution in [0.1, 0.15) is 53.4 Å². The van der Waals surface area contributed by atoms with Gasteiger partial charge in [0.05, 0.1) is 5.69 Å². The molecule has 0 atom stereocenters. The lowest BCUT2D eigenvalue weighted by atomic mass is 10.0. The number of ether oxygens (including phenoxy) is 1. The van der Waals surface area contributed by atoms with E-state index in [2.05, 4.69) is 12.2 Å². The fourth-order valence-corrected chi connectivity index (χ4v) is 5.44. The monoisotopic (exact) mass is 614 g/mol. The van der Waals surface area contributed by atoms with Crippen LogP contribution in [0.25, 0.3) is 17.0 Å². The first-order valence-corrected chi connectivity index (χ1v) is 15.2. The highest BCUT2D eigenvalue weighted by Gasteiger charge is 2.34. The lowest BCUT2D eigenvalue weighted by molar-refractivity contribution is -0.122. The van der Waals surface area contributed by atoms with Crippen molar-refractivity contribution in [2.45, 2.75) is 32.6 Å². The molecule has 2 heterocycles. The van der Waals surface area contributed by atoms with Crippen LogP contribution in [-0.4, -0.2) is 22.7 Å². The molecule has 5 aromatic rings. The van der Waals surface area contributed by atoms with Gasteiger partial charge in [0.15, 0.2) is 10.9 Å². The van der Waals surface area contributed by atoms with Crippen molar-refractivity contribution in [3.05, 3.63) is 131 Å². The van der Waals surface area contributed by atoms with Gasteiger partial charge in [-0.25, -0.2) is 0 Å². The Bertz CT molecular complexity index is 1930. The maximum absolute atomic E-state index is 13.6. The van der Waals surface area contributed by atoms with Crippen LogP contribution in [-0.2, 0) is 16.0 Å². The van der Waals surface area contributed by atoms with Gasteiger partial charge in [-0.3, -0.25) is 24.6 Å². The standard InChI is InChI=1S/C37H30N2O5S/c1-2-3-5-8-24-11-14-26(15-12-24)34(40)33-23-27-21-25(13-20-32(27)44-33)22-31-35(41)38-37(45)39(36(31)42)28-16-18-30(19-17-28)43-29-9-6-4-7-10-29/h4,6-7,9-23H,2-3,5,8H2,1H3,(H,38,41,45). The van der Waals surface area contributed by atoms with Gasteiger partial charge in [-0.2, -0.15) is 0 Å². The van der Waals surface area contributed by atoms with E-state index in [-0.39, 0.29) is 22.2 Å². The number of thiocarbonyl (C=S) groups is 1. The van der Waals surface area contributed by atoms with Crippen molar-refractivity contribution in [3.63, 3.8) is 0 Å². The molecule has 45 heavy (non-hydrogen) atoms. The zero-order chi connectivity index (χ0) is 31.3. The summed E-state index contributed by atoms with van der Waals surface area (Å²) in [6.45, 7) is 2.18. The number of nitrogens with one attached hydrogen (secondary N) is 1. The summed E-state index contributed by atoms with van der Waals surface area (Å²) < 4.78 is 11.7. The Balaban J connectivity index is 1.20. The fourth-order valence-electron chi connectivity index (χ4n) is 5.15. The number of carbonyl (C=O) groups is 3. The number of unbranched alkanes of at least 4 members (excludes halogenated alkanes) is 2. The Morgan fingerprint density at radius 1 is 0.889 bits per heavy atom. The minimum atomic E-state index is -0.591. The number of aryl methyl sites for hydroxylation is 1. The van der Waals surface area contributed by atoms with Gasteiger partial charge in [0.1, 0.15) is 22.7 Å². The third-order valence-corrected chi connectivity index (χ3v) is 7.82. The smallest absolute Gasteiger partial charge is 0.270 e. The molecule has 0 spiro atoms. The van der Waals surface area contributed by atoms with Gasteiger partial charge < -0.3 is 9.15 Å². The molecule has 0 saturated carbocycles. The topological polar surface area (TPSA) is 88.9 Å². The third-order valence-electron chi connectivity index (χ3n) is 7.54. The van der Waals surface area contributed by atoms with Gasteiger partial charge in [0.2, 0.25) is 5.78 Å². The largest absolute Gasteiger partial charge is 0.457 e. The van der Waals surface area contributed by atoms with E-state index in [0.29, 0.717) is 39.3 Å². The first-order valence-electron chi connectivity index (χ1n) is 14.8. The predicted octanol–water partition coefficient (Wildman–Crippen LogP) is 8.02. The first-order chi connectivity index (χ1) is 21.9. The Kier molecular flexibility index (Phi) is 8.66. The minimum absolute atomic E-state index is 0.0127. The van der Waals surface area contributed by atoms with E-state index in [1.54, 1.807) is 48.5 Å². The van der Waals surface area contributed by atoms with Crippen LogP contribution in [0.4, 0.5) is 5.69 Å². The van der Waals surface area contributed by atoms with E-state index in [1.807, 2.05) is 54.6 Å². The second-order valence-electron chi connectivity index (χ2n) is 10.8. The lowest BCUT2D eigenvalue weighted by Crippen LogP contribution is -2.54. The molecule has 7 nitrogen and oxygen atoms in total. The van der Waals surface area contributed by atoms with Crippen LogP contribution < -0.4 is 15.0 Å². The van der Waals surface area contributed by atoms with Crippen molar-refractivity contribution >= 4 is 57.7 Å². The number of rotatable bonds is 10. The minimum Gasteiger partial charge on any atom is -0.457 e. The molecule has 1 N–H and O–H groups in total. The molecule has 6 rings (SSSR count). The molecule has 2 amide bonds. The Morgan fingerprint density at radius 2 is 1.62 bits per heavy atom. The molecule has 0 aliphatic carbocycles. The number of nitrogens with zero attached hydrogens (tertiary/aromatic N) is 1. The number of hydrogen-bond acceptors (Lipinski definition) is 6. The van der Waals surface area contributed by atoms with Crippen LogP contribution >= 0.6 is 12.2 Å². The van der Waals surface area contributed by atoms with Crippen LogP contribution in [0.15, 0.2) is 113 Å². The number of benzene rings is 4. The zero-order valence-corrected chi connectivity index (χ0v) is 25.4. The molecule has 1 aliphatic rings. The van der Waals surface area contributed by atoms with Crippen LogP contribution in [0.3, 0.4) is 0 Å². The molecule has 224 valence electrons. The van der Waals surface area contributed by atoms with Crippen molar-refractivity contribution in [3.8, 4) is 11.5 Å². The lowest BCUT2D eigenvalue weighted by Gasteiger charge is -2.29. The summed E-state index contributed by atoms with van der Waals surface area (Å²) in [7, 11) is 0. The SMILES string of the molecule is CCCCCc1ccc(C(=O)c2cc3cc(C=C4C(=O)NC(=S)N(c5ccc(Oc6ccccc6)cc5)C4=O)ccc3o2)cc1. The number of furan rings is 1. The molecule has 0 radical (unpaired) electrons. The summed E-state index contributed by atoms with van der Waals surface area (Å²) in [4.78, 5) is 40.9. The highest BCUT2D eigenvalue weighted by atomic mass is 32.1. The molecule has 1 aromatic heterocycles. The summed E-state index contributed by atoms with van der Waals surface area (Å²) in [6, 6.07) is 30.7. The number of hydrogen-bond donors (Lipinski definition) is 1. The molecular formula is C37H30N2O5S. The van der Waals surface area contributed by atoms with Crippen molar-refractivity contribution < 1.29 is 23.5 Å². The summed E-state index contributed by atoms with van der Waals surface area (Å²) in [5, 5.41) is 3.27. The summed E-state index contributed by atoms with van der Waals surface area (Å²) >= 11 is 5.35. The highest BCUT2D eigenvalue weighted by Crippen LogP contribution is 2.28. The highest BCUT2D eigenvalue weighted by molar-refractivity contribution is 7.80. The van der Waals surface area contributed by atoms with E-state index in [9.17, 15) is 14.4 Å². The average molecular weight is 615 g/mol. The molecule has 1 saturated heterocycles. The maximum Gasteiger partial charge on any atom is 0.270 e. The van der Waals surface area contributed by atoms with Gasteiger partial charge in [-0.05, 0) is 96.9 Å². The van der Waals surface area contributed by atoms with Gasteiger partial charge in [-0.1, -0.05) is 68.3 Å². The van der Waals surface area contributed by atoms with E-state index < -0.39 is 11.8 Å². The number of amides is 2. The predicted molar refractivity (Wildman–Crippen MR) is 178 cm³/mol. The molecule has 8 heteroatoms. The Hall–Kier alpha value is -5.34. The van der Waals surface area contributed by atoms with E-state index >= 15 is 0 Å². The van der Waals surface area contributed by atoms with Gasteiger partial charge >= 0.3 is 0 Å². The molecule has 4 aromatic carbocycles. The second-order valence-corrected chi connectivity index (χ2v) is 11.1. The molecule has 0 bridgehead atoms. The number of ketones is 1. The van der Waals surface area contributed by atoms with Crippen LogP contribution in [0, 0.1) is 0 Å². The van der Waals surface area contributed by atoms with Gasteiger partial charge in [-0.15, -0.1) is 0 Å². The third kappa shape index (κ3) is 6.61. The van der Waals surface area contributed by atoms with Gasteiger partial charge in [0, 0.05) is 10.9 Å². The van der Waals surface area contributed by atoms with E-state index in [1.165, 1.54) is 23.0 Å². The molecular weight excluding hydrogens is 584 g/mol. The molecule has 1 aliphatic heterocycles. The van der Waals surface area contributed by atoms with E-state index in [0.717, 1.165) is 19.3 Å². The summed E-state index contributed by atoms with van der Waals surface area (Å²) in [5.41, 5.74) is 3.28. The van der Waals surface area contributed by atoms with Crippen LogP contribution in [0.2, 0.25) is 0 Å². The number of anilines is 1. The normalized spacial score (nSPS) is 14.2. The van der Waals surface area contributed by atoms with Crippen molar-refractivity contribution in [1.82, 2.24) is 5.32 Å². The zero-order valence-electron chi connectivity index (χ0n) is 24.6. The molecule has 0 unspecified atom stereocenters. The Labute approximate surface area is 266 Å². The number of para-hydroxylation sites is 1.